The molecule has 0 amide bonds. The van der Waals surface area contributed by atoms with Crippen molar-refractivity contribution in [3.8, 4) is 0 Å². The smallest absolute Gasteiger partial charge is 0.158 e. The Bertz CT molecular complexity index is 430. The fourth-order valence-corrected chi connectivity index (χ4v) is 3.00. The topological polar surface area (TPSA) is 59.1 Å². The van der Waals surface area contributed by atoms with E-state index in [1.54, 1.807) is 7.11 Å². The van der Waals surface area contributed by atoms with Gasteiger partial charge in [0.15, 0.2) is 5.82 Å². The molecule has 0 spiro atoms. The third-order valence-corrected chi connectivity index (χ3v) is 4.42. The van der Waals surface area contributed by atoms with E-state index in [0.717, 1.165) is 30.0 Å². The highest BCUT2D eigenvalue weighted by atomic mass is 16.5. The average molecular weight is 292 g/mol. The molecule has 1 aliphatic carbocycles. The Hall–Kier alpha value is -1.36. The van der Waals surface area contributed by atoms with Crippen LogP contribution in [0.2, 0.25) is 0 Å². The van der Waals surface area contributed by atoms with Crippen LogP contribution in [-0.2, 0) is 11.3 Å². The second-order valence-electron chi connectivity index (χ2n) is 5.91. The first-order valence-corrected chi connectivity index (χ1v) is 8.03. The largest absolute Gasteiger partial charge is 0.377 e. The van der Waals surface area contributed by atoms with Crippen LogP contribution in [0.3, 0.4) is 0 Å². The normalized spacial score (nSPS) is 22.0. The highest BCUT2D eigenvalue weighted by Gasteiger charge is 2.19. The summed E-state index contributed by atoms with van der Waals surface area (Å²) in [6, 6.07) is 1.96. The van der Waals surface area contributed by atoms with Crippen molar-refractivity contribution in [3.05, 3.63) is 11.9 Å². The minimum absolute atomic E-state index is 0.436. The van der Waals surface area contributed by atoms with Gasteiger partial charge >= 0.3 is 0 Å². The Morgan fingerprint density at radius 3 is 2.43 bits per heavy atom. The maximum absolute atomic E-state index is 5.12. The van der Waals surface area contributed by atoms with Crippen LogP contribution < -0.4 is 10.6 Å². The van der Waals surface area contributed by atoms with Gasteiger partial charge in [-0.3, -0.25) is 0 Å². The first-order valence-electron chi connectivity index (χ1n) is 8.03. The zero-order valence-corrected chi connectivity index (χ0v) is 13.5. The van der Waals surface area contributed by atoms with Crippen molar-refractivity contribution < 1.29 is 4.74 Å². The number of methoxy groups -OCH3 is 1. The maximum Gasteiger partial charge on any atom is 0.158 e. The van der Waals surface area contributed by atoms with Gasteiger partial charge in [-0.1, -0.05) is 26.2 Å². The van der Waals surface area contributed by atoms with E-state index in [9.17, 15) is 0 Å². The fourth-order valence-electron chi connectivity index (χ4n) is 3.00. The molecule has 5 nitrogen and oxygen atoms in total. The summed E-state index contributed by atoms with van der Waals surface area (Å²) in [5.74, 6) is 4.14. The van der Waals surface area contributed by atoms with Gasteiger partial charge in [0.05, 0.1) is 0 Å². The summed E-state index contributed by atoms with van der Waals surface area (Å²) in [6.45, 7) is 3.75. The Balaban J connectivity index is 1.89. The minimum Gasteiger partial charge on any atom is -0.377 e. The molecule has 1 saturated carbocycles. The molecule has 0 atom stereocenters. The lowest BCUT2D eigenvalue weighted by molar-refractivity contribution is 0.178. The van der Waals surface area contributed by atoms with Gasteiger partial charge < -0.3 is 15.4 Å². The quantitative estimate of drug-likeness (QED) is 0.807. The van der Waals surface area contributed by atoms with Crippen LogP contribution in [0.1, 0.15) is 44.9 Å². The van der Waals surface area contributed by atoms with E-state index in [1.165, 1.54) is 32.1 Å². The van der Waals surface area contributed by atoms with Gasteiger partial charge in [0.2, 0.25) is 0 Å². The van der Waals surface area contributed by atoms with Crippen LogP contribution in [0.4, 0.5) is 11.6 Å². The van der Waals surface area contributed by atoms with Gasteiger partial charge in [-0.2, -0.15) is 0 Å². The Morgan fingerprint density at radius 1 is 1.14 bits per heavy atom. The molecule has 0 bridgehead atoms. The van der Waals surface area contributed by atoms with Crippen LogP contribution in [-0.4, -0.2) is 30.7 Å². The van der Waals surface area contributed by atoms with Crippen LogP contribution in [0, 0.1) is 11.8 Å². The molecule has 0 unspecified atom stereocenters. The molecule has 1 fully saturated rings. The summed E-state index contributed by atoms with van der Waals surface area (Å²) < 4.78 is 5.12. The van der Waals surface area contributed by atoms with Gasteiger partial charge in [0.25, 0.3) is 0 Å². The molecule has 5 heteroatoms. The molecule has 0 aliphatic heterocycles. The van der Waals surface area contributed by atoms with Crippen molar-refractivity contribution in [1.82, 2.24) is 9.97 Å². The molecular weight excluding hydrogens is 264 g/mol. The van der Waals surface area contributed by atoms with E-state index in [0.29, 0.717) is 12.4 Å². The molecule has 118 valence electrons. The average Bonchev–Trinajstić information content (AvgIpc) is 2.53. The van der Waals surface area contributed by atoms with E-state index in [1.807, 2.05) is 13.1 Å². The molecule has 1 aliphatic rings. The third kappa shape index (κ3) is 4.84. The summed E-state index contributed by atoms with van der Waals surface area (Å²) >= 11 is 0. The monoisotopic (exact) mass is 292 g/mol. The van der Waals surface area contributed by atoms with E-state index < -0.39 is 0 Å². The number of aromatic nitrogens is 2. The summed E-state index contributed by atoms with van der Waals surface area (Å²) in [5, 5.41) is 6.54. The molecule has 2 rings (SSSR count). The summed E-state index contributed by atoms with van der Waals surface area (Å²) in [4.78, 5) is 8.87. The standard InChI is InChI=1S/C16H28N4O/c1-4-12-5-7-13(8-6-12)10-18-15-9-14(17-2)19-16(20-15)11-21-3/h9,12-13H,4-8,10-11H2,1-3H3,(H2,17,18,19,20). The van der Waals surface area contributed by atoms with Crippen LogP contribution >= 0.6 is 0 Å². The van der Waals surface area contributed by atoms with E-state index >= 15 is 0 Å². The number of hydrogen-bond acceptors (Lipinski definition) is 5. The van der Waals surface area contributed by atoms with Crippen molar-refractivity contribution in [3.63, 3.8) is 0 Å². The lowest BCUT2D eigenvalue weighted by Gasteiger charge is -2.28. The second kappa shape index (κ2) is 8.17. The van der Waals surface area contributed by atoms with E-state index in [2.05, 4.69) is 27.5 Å². The van der Waals surface area contributed by atoms with Crippen molar-refractivity contribution >= 4 is 11.6 Å². The summed E-state index contributed by atoms with van der Waals surface area (Å²) in [7, 11) is 3.53. The lowest BCUT2D eigenvalue weighted by atomic mass is 9.81. The SMILES string of the molecule is CCC1CCC(CNc2cc(NC)nc(COC)n2)CC1. The highest BCUT2D eigenvalue weighted by molar-refractivity contribution is 5.47. The van der Waals surface area contributed by atoms with E-state index in [-0.39, 0.29) is 0 Å². The fraction of sp³-hybridized carbons (Fsp3) is 0.750. The van der Waals surface area contributed by atoms with Crippen molar-refractivity contribution in [2.75, 3.05) is 31.3 Å². The number of nitrogens with one attached hydrogen (secondary N) is 2. The van der Waals surface area contributed by atoms with Gasteiger partial charge in [-0.05, 0) is 24.7 Å². The Kier molecular flexibility index (Phi) is 6.23. The lowest BCUT2D eigenvalue weighted by Crippen LogP contribution is -2.21. The molecule has 21 heavy (non-hydrogen) atoms. The van der Waals surface area contributed by atoms with Crippen LogP contribution in [0.25, 0.3) is 0 Å². The number of ether oxygens (including phenoxy) is 1. The van der Waals surface area contributed by atoms with Crippen LogP contribution in [0.5, 0.6) is 0 Å². The predicted molar refractivity (Wildman–Crippen MR) is 86.5 cm³/mol. The second-order valence-corrected chi connectivity index (χ2v) is 5.91. The number of rotatable bonds is 7. The molecule has 1 aromatic heterocycles. The molecular formula is C16H28N4O. The molecule has 0 saturated heterocycles. The van der Waals surface area contributed by atoms with Crippen molar-refractivity contribution in [1.29, 1.82) is 0 Å². The first kappa shape index (κ1) is 16.0. The van der Waals surface area contributed by atoms with Gasteiger partial charge in [-0.25, -0.2) is 9.97 Å². The van der Waals surface area contributed by atoms with Crippen molar-refractivity contribution in [2.24, 2.45) is 11.8 Å². The molecule has 2 N–H and O–H groups in total. The minimum atomic E-state index is 0.436. The van der Waals surface area contributed by atoms with Crippen LogP contribution in [0.15, 0.2) is 6.07 Å². The first-order chi connectivity index (χ1) is 10.2. The molecule has 0 radical (unpaired) electrons. The maximum atomic E-state index is 5.12. The summed E-state index contributed by atoms with van der Waals surface area (Å²) in [5.41, 5.74) is 0. The highest BCUT2D eigenvalue weighted by Crippen LogP contribution is 2.30. The van der Waals surface area contributed by atoms with Gasteiger partial charge in [-0.15, -0.1) is 0 Å². The number of hydrogen-bond donors (Lipinski definition) is 2. The van der Waals surface area contributed by atoms with Crippen molar-refractivity contribution in [2.45, 2.75) is 45.6 Å². The number of nitrogens with zero attached hydrogens (tertiary/aromatic N) is 2. The Morgan fingerprint density at radius 2 is 1.81 bits per heavy atom. The molecule has 1 aromatic rings. The Labute approximate surface area is 127 Å². The zero-order valence-electron chi connectivity index (χ0n) is 13.5. The summed E-state index contributed by atoms with van der Waals surface area (Å²) in [6.07, 6.45) is 6.76. The number of anilines is 2. The van der Waals surface area contributed by atoms with Gasteiger partial charge in [0.1, 0.15) is 18.2 Å². The third-order valence-electron chi connectivity index (χ3n) is 4.42. The molecule has 0 aromatic carbocycles. The predicted octanol–water partition coefficient (Wildman–Crippen LogP) is 3.29. The van der Waals surface area contributed by atoms with E-state index in [4.69, 9.17) is 4.74 Å². The molecule has 1 heterocycles. The zero-order chi connectivity index (χ0) is 15.1. The van der Waals surface area contributed by atoms with Gasteiger partial charge in [0, 0.05) is 26.8 Å².